The van der Waals surface area contributed by atoms with Crippen LogP contribution in [0.1, 0.15) is 0 Å². The number of para-hydroxylation sites is 1. The lowest BCUT2D eigenvalue weighted by Crippen LogP contribution is -1.91. The van der Waals surface area contributed by atoms with Gasteiger partial charge < -0.3 is 55.5 Å². The minimum atomic E-state index is -1.07. The average Bonchev–Trinajstić information content (AvgIpc) is 3.54. The Morgan fingerprint density at radius 2 is 0.745 bits per heavy atom. The Hall–Kier alpha value is -7.40. The molecule has 0 aliphatic carbocycles. The van der Waals surface area contributed by atoms with Gasteiger partial charge in [0.25, 0.3) is 0 Å². The maximum absolute atomic E-state index is 10.8. The molecule has 11 nitrogen and oxygen atoms in total. The number of rotatable bonds is 3. The van der Waals surface area contributed by atoms with E-state index in [4.69, 9.17) is 4.42 Å². The Kier molecular flexibility index (Phi) is 5.86. The SMILES string of the molecule is Oc1c(O)c(O)c(-c2ccc3ccc4c(-c5cccc6oc7c(-c8c(O)c(O)c(O)c(O)c8O)cccc7c56)ccc5ccc2c3c54)c(O)c1O. The van der Waals surface area contributed by atoms with Gasteiger partial charge in [-0.3, -0.25) is 0 Å². The zero-order valence-corrected chi connectivity index (χ0v) is 26.0. The van der Waals surface area contributed by atoms with Gasteiger partial charge in [-0.2, -0.15) is 0 Å². The fraction of sp³-hybridized carbons (Fsp3) is 0. The number of benzene rings is 8. The molecule has 0 unspecified atom stereocenters. The number of fused-ring (bicyclic) bond motifs is 3. The number of phenols is 10. The van der Waals surface area contributed by atoms with Crippen LogP contribution in [0.4, 0.5) is 0 Å². The highest BCUT2D eigenvalue weighted by molar-refractivity contribution is 6.29. The van der Waals surface area contributed by atoms with Crippen LogP contribution in [0.2, 0.25) is 0 Å². The van der Waals surface area contributed by atoms with Gasteiger partial charge in [0, 0.05) is 16.3 Å². The van der Waals surface area contributed by atoms with Crippen LogP contribution in [-0.4, -0.2) is 51.1 Å². The molecule has 0 saturated carbocycles. The standard InChI is InChI=1S/C40H24O11/c41-30-28(31(42)35(46)38(49)34(30)45)21-14-10-16-8-12-19-17(11-7-15-9-13-20(21)26(16)25(15)19)18-3-2-6-24-27(18)22-4-1-5-23(40(22)51-24)29-32(43)36(47)39(50)37(48)33(29)44/h1-14,41-50H. The third-order valence-electron chi connectivity index (χ3n) is 9.76. The Bertz CT molecular complexity index is 2920. The molecule has 0 atom stereocenters. The molecule has 0 radical (unpaired) electrons. The molecule has 0 saturated heterocycles. The van der Waals surface area contributed by atoms with E-state index in [1.807, 2.05) is 48.5 Å². The Morgan fingerprint density at radius 3 is 1.31 bits per heavy atom. The zero-order valence-electron chi connectivity index (χ0n) is 26.0. The van der Waals surface area contributed by atoms with Crippen molar-refractivity contribution in [2.75, 3.05) is 0 Å². The van der Waals surface area contributed by atoms with Gasteiger partial charge in [-0.1, -0.05) is 78.9 Å². The van der Waals surface area contributed by atoms with Gasteiger partial charge in [0.15, 0.2) is 23.0 Å². The first-order chi connectivity index (χ1) is 24.5. The maximum Gasteiger partial charge on any atom is 0.208 e. The molecule has 0 amide bonds. The Balaban J connectivity index is 1.33. The van der Waals surface area contributed by atoms with E-state index in [0.717, 1.165) is 38.1 Å². The van der Waals surface area contributed by atoms with Crippen molar-refractivity contribution in [1.82, 2.24) is 0 Å². The van der Waals surface area contributed by atoms with E-state index in [0.29, 0.717) is 27.3 Å². The molecular weight excluding hydrogens is 656 g/mol. The summed E-state index contributed by atoms with van der Waals surface area (Å²) in [6, 6.07) is 25.5. The first-order valence-corrected chi connectivity index (χ1v) is 15.5. The summed E-state index contributed by atoms with van der Waals surface area (Å²) >= 11 is 0. The summed E-state index contributed by atoms with van der Waals surface area (Å²) < 4.78 is 6.31. The molecule has 10 N–H and O–H groups in total. The van der Waals surface area contributed by atoms with Crippen LogP contribution in [0.3, 0.4) is 0 Å². The summed E-state index contributed by atoms with van der Waals surface area (Å²) in [6.07, 6.45) is 0. The van der Waals surface area contributed by atoms with E-state index in [9.17, 15) is 51.1 Å². The van der Waals surface area contributed by atoms with Gasteiger partial charge in [0.1, 0.15) is 11.2 Å². The maximum atomic E-state index is 10.8. The van der Waals surface area contributed by atoms with Crippen LogP contribution in [-0.2, 0) is 0 Å². The highest BCUT2D eigenvalue weighted by Gasteiger charge is 2.29. The van der Waals surface area contributed by atoms with Crippen LogP contribution < -0.4 is 0 Å². The summed E-state index contributed by atoms with van der Waals surface area (Å²) in [7, 11) is 0. The highest BCUT2D eigenvalue weighted by atomic mass is 16.4. The van der Waals surface area contributed by atoms with Crippen molar-refractivity contribution >= 4 is 54.3 Å². The van der Waals surface area contributed by atoms with Crippen LogP contribution >= 0.6 is 0 Å². The molecule has 0 aliphatic rings. The van der Waals surface area contributed by atoms with E-state index in [1.54, 1.807) is 30.3 Å². The van der Waals surface area contributed by atoms with Gasteiger partial charge >= 0.3 is 0 Å². The van der Waals surface area contributed by atoms with Gasteiger partial charge in [-0.05, 0) is 55.1 Å². The van der Waals surface area contributed by atoms with Gasteiger partial charge in [0.2, 0.25) is 34.5 Å². The molecule has 0 aliphatic heterocycles. The van der Waals surface area contributed by atoms with Gasteiger partial charge in [-0.15, -0.1) is 0 Å². The fourth-order valence-electron chi connectivity index (χ4n) is 7.40. The molecule has 11 heteroatoms. The molecule has 0 fully saturated rings. The number of aromatic hydroxyl groups is 10. The molecule has 8 aromatic carbocycles. The summed E-state index contributed by atoms with van der Waals surface area (Å²) in [6.45, 7) is 0. The van der Waals surface area contributed by atoms with Crippen molar-refractivity contribution in [3.05, 3.63) is 84.9 Å². The monoisotopic (exact) mass is 680 g/mol. The normalized spacial score (nSPS) is 11.9. The molecule has 250 valence electrons. The molecule has 0 spiro atoms. The predicted molar refractivity (Wildman–Crippen MR) is 190 cm³/mol. The minimum absolute atomic E-state index is 0.149. The average molecular weight is 681 g/mol. The second kappa shape index (κ2) is 10.1. The van der Waals surface area contributed by atoms with E-state index < -0.39 is 57.5 Å². The minimum Gasteiger partial charge on any atom is -0.504 e. The fourth-order valence-corrected chi connectivity index (χ4v) is 7.40. The molecular formula is C40H24O11. The third kappa shape index (κ3) is 3.76. The van der Waals surface area contributed by atoms with Crippen LogP contribution in [0.5, 0.6) is 57.5 Å². The second-order valence-corrected chi connectivity index (χ2v) is 12.3. The second-order valence-electron chi connectivity index (χ2n) is 12.3. The smallest absolute Gasteiger partial charge is 0.208 e. The summed E-state index contributed by atoms with van der Waals surface area (Å²) in [5.41, 5.74) is 2.16. The van der Waals surface area contributed by atoms with Crippen LogP contribution in [0.25, 0.3) is 87.6 Å². The number of phenolic OH excluding ortho intramolecular Hbond substituents is 10. The van der Waals surface area contributed by atoms with Crippen molar-refractivity contribution in [2.24, 2.45) is 0 Å². The van der Waals surface area contributed by atoms with Crippen molar-refractivity contribution in [1.29, 1.82) is 0 Å². The molecule has 9 rings (SSSR count). The number of hydrogen-bond donors (Lipinski definition) is 10. The lowest BCUT2D eigenvalue weighted by molar-refractivity contribution is 0.330. The molecule has 9 aromatic rings. The Morgan fingerprint density at radius 1 is 0.314 bits per heavy atom. The zero-order chi connectivity index (χ0) is 35.6. The first-order valence-electron chi connectivity index (χ1n) is 15.5. The van der Waals surface area contributed by atoms with Gasteiger partial charge in [-0.25, -0.2) is 0 Å². The summed E-state index contributed by atoms with van der Waals surface area (Å²) in [5.74, 6) is -9.35. The summed E-state index contributed by atoms with van der Waals surface area (Å²) in [4.78, 5) is 0. The van der Waals surface area contributed by atoms with E-state index >= 15 is 0 Å². The van der Waals surface area contributed by atoms with Crippen molar-refractivity contribution < 1.29 is 55.5 Å². The third-order valence-corrected chi connectivity index (χ3v) is 9.76. The molecule has 1 aromatic heterocycles. The number of furan rings is 1. The van der Waals surface area contributed by atoms with Gasteiger partial charge in [0.05, 0.1) is 11.1 Å². The van der Waals surface area contributed by atoms with Crippen molar-refractivity contribution in [3.8, 4) is 90.9 Å². The largest absolute Gasteiger partial charge is 0.504 e. The van der Waals surface area contributed by atoms with Crippen molar-refractivity contribution in [2.45, 2.75) is 0 Å². The van der Waals surface area contributed by atoms with Crippen LogP contribution in [0.15, 0.2) is 89.3 Å². The molecule has 51 heavy (non-hydrogen) atoms. The van der Waals surface area contributed by atoms with E-state index in [2.05, 4.69) is 0 Å². The predicted octanol–water partition coefficient (Wildman–Crippen LogP) is 8.54. The Labute approximate surface area is 285 Å². The van der Waals surface area contributed by atoms with E-state index in [-0.39, 0.29) is 22.3 Å². The lowest BCUT2D eigenvalue weighted by Gasteiger charge is -2.18. The lowest BCUT2D eigenvalue weighted by atomic mass is 9.86. The quantitative estimate of drug-likeness (QED) is 0.0484. The highest BCUT2D eigenvalue weighted by Crippen LogP contribution is 2.58. The number of hydrogen-bond acceptors (Lipinski definition) is 11. The van der Waals surface area contributed by atoms with Crippen molar-refractivity contribution in [3.63, 3.8) is 0 Å². The van der Waals surface area contributed by atoms with E-state index in [1.165, 1.54) is 6.07 Å². The molecule has 0 bridgehead atoms. The molecule has 1 heterocycles. The first kappa shape index (κ1) is 29.7. The van der Waals surface area contributed by atoms with Crippen LogP contribution in [0, 0.1) is 0 Å². The topological polar surface area (TPSA) is 215 Å². The summed E-state index contributed by atoms with van der Waals surface area (Å²) in [5, 5.41) is 110.